The van der Waals surface area contributed by atoms with Crippen molar-refractivity contribution in [3.05, 3.63) is 26.7 Å². The highest BCUT2D eigenvalue weighted by Crippen LogP contribution is 2.10. The minimum Gasteiger partial charge on any atom is -0.450 e. The number of carbonyl (C=O) groups is 1. The maximum atomic E-state index is 12.2. The molecular weight excluding hydrogens is 328 g/mol. The Kier molecular flexibility index (Phi) is 4.62. The minimum atomic E-state index is -0.404. The van der Waals surface area contributed by atoms with E-state index in [4.69, 9.17) is 4.74 Å². The van der Waals surface area contributed by atoms with Gasteiger partial charge in [-0.15, -0.1) is 0 Å². The third-order valence-corrected chi connectivity index (χ3v) is 4.42. The molecule has 25 heavy (non-hydrogen) atoms. The number of ether oxygens (including phenoxy) is 1. The van der Waals surface area contributed by atoms with Crippen LogP contribution < -0.4 is 11.2 Å². The zero-order chi connectivity index (χ0) is 18.1. The number of carbonyl (C=O) groups excluding carboxylic acids is 1. The molecule has 1 aliphatic rings. The van der Waals surface area contributed by atoms with Crippen LogP contribution in [-0.4, -0.2) is 67.8 Å². The molecular formula is C15H22N6O4. The number of nitrogens with one attached hydrogen (secondary N) is 1. The fourth-order valence-corrected chi connectivity index (χ4v) is 2.96. The lowest BCUT2D eigenvalue weighted by Crippen LogP contribution is -2.48. The summed E-state index contributed by atoms with van der Waals surface area (Å²) in [7, 11) is 3.03. The minimum absolute atomic E-state index is 0.288. The number of nitrogens with zero attached hydrogens (tertiary/aromatic N) is 5. The Labute approximate surface area is 143 Å². The molecule has 2 aromatic rings. The highest BCUT2D eigenvalue weighted by atomic mass is 16.6. The molecule has 1 aliphatic heterocycles. The van der Waals surface area contributed by atoms with Crippen LogP contribution in [0.5, 0.6) is 0 Å². The molecule has 1 fully saturated rings. The summed E-state index contributed by atoms with van der Waals surface area (Å²) in [6, 6.07) is 0. The van der Waals surface area contributed by atoms with E-state index in [1.165, 1.54) is 11.6 Å². The van der Waals surface area contributed by atoms with Crippen molar-refractivity contribution < 1.29 is 9.53 Å². The first-order valence-corrected chi connectivity index (χ1v) is 8.21. The van der Waals surface area contributed by atoms with Gasteiger partial charge >= 0.3 is 11.8 Å². The number of fused-ring (bicyclic) bond motifs is 1. The van der Waals surface area contributed by atoms with Crippen molar-refractivity contribution in [2.75, 3.05) is 32.8 Å². The summed E-state index contributed by atoms with van der Waals surface area (Å²) in [5, 5.41) is 0. The van der Waals surface area contributed by atoms with Gasteiger partial charge in [0.25, 0.3) is 5.56 Å². The van der Waals surface area contributed by atoms with Crippen LogP contribution in [0.15, 0.2) is 9.59 Å². The first-order valence-electron chi connectivity index (χ1n) is 8.21. The van der Waals surface area contributed by atoms with E-state index in [1.807, 2.05) is 0 Å². The predicted octanol–water partition coefficient (Wildman–Crippen LogP) is -0.766. The standard InChI is InChI=1S/C15H22N6O4/c1-4-25-15(24)21-7-5-20(6-8-21)9-10-16-11-12(17-10)18(2)14(23)19(3)13(11)22/h4-9H2,1-3H3,(H,16,17). The molecule has 136 valence electrons. The van der Waals surface area contributed by atoms with Crippen molar-refractivity contribution in [2.24, 2.45) is 14.1 Å². The molecule has 0 atom stereocenters. The van der Waals surface area contributed by atoms with Gasteiger partial charge in [-0.25, -0.2) is 14.6 Å². The van der Waals surface area contributed by atoms with Crippen LogP contribution in [0.25, 0.3) is 11.2 Å². The fourth-order valence-electron chi connectivity index (χ4n) is 2.96. The first kappa shape index (κ1) is 17.2. The Balaban J connectivity index is 1.74. The Morgan fingerprint density at radius 1 is 1.16 bits per heavy atom. The second-order valence-corrected chi connectivity index (χ2v) is 6.05. The highest BCUT2D eigenvalue weighted by Gasteiger charge is 2.23. The molecule has 1 saturated heterocycles. The number of imidazole rings is 1. The third-order valence-electron chi connectivity index (χ3n) is 4.42. The highest BCUT2D eigenvalue weighted by molar-refractivity contribution is 5.69. The number of aromatic amines is 1. The maximum absolute atomic E-state index is 12.2. The number of amides is 1. The van der Waals surface area contributed by atoms with E-state index < -0.39 is 5.69 Å². The lowest BCUT2D eigenvalue weighted by atomic mass is 10.3. The van der Waals surface area contributed by atoms with E-state index in [-0.39, 0.29) is 11.7 Å². The SMILES string of the molecule is CCOC(=O)N1CCN(Cc2nc3c([nH]2)c(=O)n(C)c(=O)n3C)CC1. The normalized spacial score (nSPS) is 15.7. The summed E-state index contributed by atoms with van der Waals surface area (Å²) in [5.41, 5.74) is -0.111. The van der Waals surface area contributed by atoms with Crippen molar-refractivity contribution in [1.29, 1.82) is 0 Å². The van der Waals surface area contributed by atoms with Crippen LogP contribution in [0.3, 0.4) is 0 Å². The second-order valence-electron chi connectivity index (χ2n) is 6.05. The maximum Gasteiger partial charge on any atom is 0.409 e. The van der Waals surface area contributed by atoms with Crippen LogP contribution in [0, 0.1) is 0 Å². The Bertz CT molecular complexity index is 903. The molecule has 0 aliphatic carbocycles. The van der Waals surface area contributed by atoms with Gasteiger partial charge in [-0.2, -0.15) is 0 Å². The van der Waals surface area contributed by atoms with Gasteiger partial charge < -0.3 is 14.6 Å². The number of hydrogen-bond donors (Lipinski definition) is 1. The average Bonchev–Trinajstić information content (AvgIpc) is 3.03. The van der Waals surface area contributed by atoms with Crippen LogP contribution in [-0.2, 0) is 25.4 Å². The van der Waals surface area contributed by atoms with E-state index >= 15 is 0 Å². The Morgan fingerprint density at radius 3 is 2.48 bits per heavy atom. The number of piperazine rings is 1. The summed E-state index contributed by atoms with van der Waals surface area (Å²) >= 11 is 0. The first-order chi connectivity index (χ1) is 11.9. The lowest BCUT2D eigenvalue weighted by Gasteiger charge is -2.33. The molecule has 3 heterocycles. The molecule has 3 rings (SSSR count). The van der Waals surface area contributed by atoms with Crippen LogP contribution >= 0.6 is 0 Å². The molecule has 0 unspecified atom stereocenters. The van der Waals surface area contributed by atoms with Gasteiger partial charge in [-0.1, -0.05) is 0 Å². The van der Waals surface area contributed by atoms with Crippen molar-refractivity contribution in [3.8, 4) is 0 Å². The largest absolute Gasteiger partial charge is 0.450 e. The number of aryl methyl sites for hydroxylation is 1. The summed E-state index contributed by atoms with van der Waals surface area (Å²) in [6.07, 6.45) is -0.288. The van der Waals surface area contributed by atoms with Gasteiger partial charge in [0, 0.05) is 40.3 Å². The number of H-pyrrole nitrogens is 1. The van der Waals surface area contributed by atoms with Crippen molar-refractivity contribution in [3.63, 3.8) is 0 Å². The van der Waals surface area contributed by atoms with Gasteiger partial charge in [0.2, 0.25) is 0 Å². The molecule has 1 amide bonds. The second kappa shape index (κ2) is 6.71. The van der Waals surface area contributed by atoms with E-state index in [0.29, 0.717) is 56.3 Å². The molecule has 2 aromatic heterocycles. The summed E-state index contributed by atoms with van der Waals surface area (Å²) in [6.45, 7) is 5.21. The van der Waals surface area contributed by atoms with Gasteiger partial charge in [0.15, 0.2) is 5.65 Å². The van der Waals surface area contributed by atoms with Crippen LogP contribution in [0.1, 0.15) is 12.7 Å². The van der Waals surface area contributed by atoms with E-state index in [1.54, 1.807) is 18.9 Å². The van der Waals surface area contributed by atoms with Gasteiger partial charge in [0.05, 0.1) is 13.2 Å². The quantitative estimate of drug-likeness (QED) is 0.780. The van der Waals surface area contributed by atoms with E-state index in [2.05, 4.69) is 14.9 Å². The van der Waals surface area contributed by atoms with Gasteiger partial charge in [-0.3, -0.25) is 18.8 Å². The molecule has 10 nitrogen and oxygen atoms in total. The summed E-state index contributed by atoms with van der Waals surface area (Å²) in [5.74, 6) is 0.623. The van der Waals surface area contributed by atoms with E-state index in [9.17, 15) is 14.4 Å². The summed E-state index contributed by atoms with van der Waals surface area (Å²) < 4.78 is 7.42. The third kappa shape index (κ3) is 3.16. The van der Waals surface area contributed by atoms with Crippen molar-refractivity contribution in [2.45, 2.75) is 13.5 Å². The topological polar surface area (TPSA) is 105 Å². The van der Waals surface area contributed by atoms with Crippen LogP contribution in [0.2, 0.25) is 0 Å². The zero-order valence-corrected chi connectivity index (χ0v) is 14.6. The van der Waals surface area contributed by atoms with Gasteiger partial charge in [-0.05, 0) is 6.92 Å². The predicted molar refractivity (Wildman–Crippen MR) is 90.4 cm³/mol. The fraction of sp³-hybridized carbons (Fsp3) is 0.600. The zero-order valence-electron chi connectivity index (χ0n) is 14.6. The molecule has 10 heteroatoms. The molecule has 0 radical (unpaired) electrons. The number of hydrogen-bond acceptors (Lipinski definition) is 6. The van der Waals surface area contributed by atoms with Gasteiger partial charge in [0.1, 0.15) is 11.3 Å². The van der Waals surface area contributed by atoms with E-state index in [0.717, 1.165) is 4.57 Å². The van der Waals surface area contributed by atoms with Crippen molar-refractivity contribution >= 4 is 17.3 Å². The average molecular weight is 350 g/mol. The van der Waals surface area contributed by atoms with Crippen LogP contribution in [0.4, 0.5) is 4.79 Å². The smallest absolute Gasteiger partial charge is 0.409 e. The van der Waals surface area contributed by atoms with Crippen molar-refractivity contribution in [1.82, 2.24) is 28.9 Å². The number of aromatic nitrogens is 4. The number of rotatable bonds is 3. The monoisotopic (exact) mass is 350 g/mol. The lowest BCUT2D eigenvalue weighted by molar-refractivity contribution is 0.0773. The summed E-state index contributed by atoms with van der Waals surface area (Å²) in [4.78, 5) is 47.1. The molecule has 0 spiro atoms. The molecule has 0 aromatic carbocycles. The Hall–Kier alpha value is -2.62. The molecule has 0 saturated carbocycles. The Morgan fingerprint density at radius 2 is 1.84 bits per heavy atom. The molecule has 1 N–H and O–H groups in total. The molecule has 0 bridgehead atoms.